The van der Waals surface area contributed by atoms with Crippen LogP contribution >= 0.6 is 0 Å². The number of rotatable bonds is 11. The first-order valence-electron chi connectivity index (χ1n) is 16.8. The molecule has 1 aliphatic rings. The molecule has 0 aromatic rings. The third kappa shape index (κ3) is 29.4. The van der Waals surface area contributed by atoms with Gasteiger partial charge in [-0.15, -0.1) is 26.3 Å². The van der Waals surface area contributed by atoms with Gasteiger partial charge in [-0.05, 0) is 137 Å². The molecule has 0 saturated carbocycles. The highest BCUT2D eigenvalue weighted by molar-refractivity contribution is 6.93. The molecule has 0 amide bonds. The number of hydrogen-bond acceptors (Lipinski definition) is 8. The molecule has 1 heterocycles. The molecule has 0 aromatic carbocycles. The van der Waals surface area contributed by atoms with Crippen LogP contribution in [0.5, 0.6) is 0 Å². The average Bonchev–Trinajstić information content (AvgIpc) is 2.79. The maximum atomic E-state index is 6.16. The van der Waals surface area contributed by atoms with E-state index in [1.807, 2.05) is 22.8 Å². The minimum absolute atomic E-state index is 1.13. The molecule has 0 radical (unpaired) electrons. The summed E-state index contributed by atoms with van der Waals surface area (Å²) in [5.74, 6) is 0. The SMILES string of the molecule is C=C[Si](C)(C)O[Si](C)(C)C=C.C=C[Si](C)(C)O[Si](C)(C)O[Si](C)(C)C=C.CO[Si](C)(C)C.C[Si]1(C)O[Si](C)(C)O[Si](C)(C)O[Si](C)(C)O1. The van der Waals surface area contributed by atoms with E-state index in [1.54, 1.807) is 7.11 Å². The van der Waals surface area contributed by atoms with Gasteiger partial charge in [-0.3, -0.25) is 0 Å². The summed E-state index contributed by atoms with van der Waals surface area (Å²) in [5, 5.41) is 0. The Labute approximate surface area is 309 Å². The van der Waals surface area contributed by atoms with Crippen molar-refractivity contribution >= 4 is 84.4 Å². The van der Waals surface area contributed by atoms with Gasteiger partial charge in [-0.1, -0.05) is 22.8 Å². The molecule has 48 heavy (non-hydrogen) atoms. The van der Waals surface area contributed by atoms with Gasteiger partial charge < -0.3 is 33.2 Å². The number of hydrogen-bond donors (Lipinski definition) is 0. The topological polar surface area (TPSA) is 73.8 Å². The molecule has 18 heteroatoms. The van der Waals surface area contributed by atoms with Gasteiger partial charge in [-0.25, -0.2) is 0 Å². The lowest BCUT2D eigenvalue weighted by molar-refractivity contribution is 0.238. The summed E-state index contributed by atoms with van der Waals surface area (Å²) >= 11 is 0. The molecular formula is C30H78O8Si10. The maximum Gasteiger partial charge on any atom is 0.314 e. The van der Waals surface area contributed by atoms with Crippen LogP contribution in [0.4, 0.5) is 0 Å². The van der Waals surface area contributed by atoms with Crippen molar-refractivity contribution in [2.75, 3.05) is 7.11 Å². The Bertz CT molecular complexity index is 908. The molecule has 8 nitrogen and oxygen atoms in total. The molecule has 1 aliphatic heterocycles. The van der Waals surface area contributed by atoms with Crippen LogP contribution < -0.4 is 0 Å². The zero-order valence-electron chi connectivity index (χ0n) is 35.4. The van der Waals surface area contributed by atoms with Crippen LogP contribution in [0.1, 0.15) is 0 Å². The molecule has 0 spiro atoms. The fourth-order valence-corrected chi connectivity index (χ4v) is 43.1. The van der Waals surface area contributed by atoms with E-state index in [0.717, 1.165) is 0 Å². The highest BCUT2D eigenvalue weighted by Crippen LogP contribution is 2.30. The molecule has 1 saturated heterocycles. The van der Waals surface area contributed by atoms with Crippen molar-refractivity contribution in [1.29, 1.82) is 0 Å². The quantitative estimate of drug-likeness (QED) is 0.190. The lowest BCUT2D eigenvalue weighted by atomic mass is 11.3. The van der Waals surface area contributed by atoms with Crippen LogP contribution in [0.15, 0.2) is 49.1 Å². The second-order valence-corrected chi connectivity index (χ2v) is 56.1. The Kier molecular flexibility index (Phi) is 21.9. The smallest absolute Gasteiger partial charge is 0.314 e. The molecule has 0 N–H and O–H groups in total. The average molecular weight is 848 g/mol. The van der Waals surface area contributed by atoms with Gasteiger partial charge in [0.2, 0.25) is 0 Å². The largest absolute Gasteiger partial charge is 0.449 e. The minimum Gasteiger partial charge on any atom is -0.449 e. The van der Waals surface area contributed by atoms with Gasteiger partial charge in [0.15, 0.2) is 41.6 Å². The molecule has 0 atom stereocenters. The maximum absolute atomic E-state index is 6.16. The summed E-state index contributed by atoms with van der Waals surface area (Å²) < 4.78 is 48.0. The van der Waals surface area contributed by atoms with E-state index in [9.17, 15) is 0 Å². The Morgan fingerprint density at radius 1 is 0.396 bits per heavy atom. The fraction of sp³-hybridized carbons (Fsp3) is 0.733. The first-order chi connectivity index (χ1) is 20.8. The molecular weight excluding hydrogens is 769 g/mol. The van der Waals surface area contributed by atoms with Crippen LogP contribution in [-0.2, 0) is 33.2 Å². The highest BCUT2D eigenvalue weighted by Gasteiger charge is 2.50. The van der Waals surface area contributed by atoms with Crippen molar-refractivity contribution in [3.05, 3.63) is 49.1 Å². The van der Waals surface area contributed by atoms with Crippen LogP contribution in [0.2, 0.25) is 137 Å². The third-order valence-electron chi connectivity index (χ3n) is 6.09. The zero-order chi connectivity index (χ0) is 39.5. The van der Waals surface area contributed by atoms with Crippen molar-refractivity contribution in [3.8, 4) is 0 Å². The monoisotopic (exact) mass is 846 g/mol. The van der Waals surface area contributed by atoms with E-state index in [1.165, 1.54) is 0 Å². The fourth-order valence-electron chi connectivity index (χ4n) is 4.58. The Balaban J connectivity index is -0.000000591. The lowest BCUT2D eigenvalue weighted by Crippen LogP contribution is -2.64. The van der Waals surface area contributed by atoms with Crippen LogP contribution in [0.3, 0.4) is 0 Å². The molecule has 0 bridgehead atoms. The molecule has 0 aromatic heterocycles. The Morgan fingerprint density at radius 2 is 0.562 bits per heavy atom. The molecule has 0 aliphatic carbocycles. The van der Waals surface area contributed by atoms with E-state index in [4.69, 9.17) is 33.2 Å². The standard InChI is InChI=1S/C10H24O2Si3.C8H24O4Si4.C8H18OSi2.C4H12OSi/c1-9-13(3,4)11-15(7,8)12-14(5,6)10-2;1-13(2)9-14(3,4)11-16(7,8)12-15(5,6)10-13;1-7-10(3,4)9-11(5,6)8-2;1-5-6(2,3)4/h9-10H,1-2H2,3-8H3;1-8H3;7-8H,1-2H2,3-6H3;1-4H3. The van der Waals surface area contributed by atoms with E-state index >= 15 is 0 Å². The van der Waals surface area contributed by atoms with E-state index in [2.05, 4.69) is 164 Å². The van der Waals surface area contributed by atoms with E-state index < -0.39 is 84.4 Å². The van der Waals surface area contributed by atoms with Gasteiger partial charge in [0.25, 0.3) is 0 Å². The molecule has 1 rings (SSSR count). The van der Waals surface area contributed by atoms with Crippen LogP contribution in [-0.4, -0.2) is 91.5 Å². The minimum atomic E-state index is -2.11. The summed E-state index contributed by atoms with van der Waals surface area (Å²) in [4.78, 5) is 0. The van der Waals surface area contributed by atoms with E-state index in [0.29, 0.717) is 0 Å². The van der Waals surface area contributed by atoms with Gasteiger partial charge >= 0.3 is 42.8 Å². The second kappa shape index (κ2) is 19.8. The van der Waals surface area contributed by atoms with Gasteiger partial charge in [0, 0.05) is 7.11 Å². The summed E-state index contributed by atoms with van der Waals surface area (Å²) in [6, 6.07) is 0. The summed E-state index contributed by atoms with van der Waals surface area (Å²) in [6.07, 6.45) is 0. The Morgan fingerprint density at radius 3 is 0.708 bits per heavy atom. The first-order valence-corrected chi connectivity index (χ1v) is 46.2. The summed E-state index contributed by atoms with van der Waals surface area (Å²) in [5.41, 5.74) is 7.83. The van der Waals surface area contributed by atoms with Crippen LogP contribution in [0.25, 0.3) is 0 Å². The zero-order valence-corrected chi connectivity index (χ0v) is 45.4. The van der Waals surface area contributed by atoms with Gasteiger partial charge in [0.05, 0.1) is 0 Å². The predicted molar refractivity (Wildman–Crippen MR) is 236 cm³/mol. The van der Waals surface area contributed by atoms with Gasteiger partial charge in [0.1, 0.15) is 0 Å². The van der Waals surface area contributed by atoms with Crippen molar-refractivity contribution in [3.63, 3.8) is 0 Å². The van der Waals surface area contributed by atoms with Gasteiger partial charge in [-0.2, -0.15) is 0 Å². The van der Waals surface area contributed by atoms with Crippen LogP contribution in [0, 0.1) is 0 Å². The van der Waals surface area contributed by atoms with Crippen molar-refractivity contribution < 1.29 is 33.2 Å². The predicted octanol–water partition coefficient (Wildman–Crippen LogP) is 10.8. The summed E-state index contributed by atoms with van der Waals surface area (Å²) in [6.45, 7) is 59.6. The van der Waals surface area contributed by atoms with E-state index in [-0.39, 0.29) is 0 Å². The van der Waals surface area contributed by atoms with Crippen molar-refractivity contribution in [1.82, 2.24) is 0 Å². The lowest BCUT2D eigenvalue weighted by Gasteiger charge is -2.46. The first kappa shape index (κ1) is 53.2. The molecule has 286 valence electrons. The Hall–Kier alpha value is 0.809. The second-order valence-electron chi connectivity index (χ2n) is 17.3. The summed E-state index contributed by atoms with van der Waals surface area (Å²) in [7, 11) is -16.5. The van der Waals surface area contributed by atoms with Crippen molar-refractivity contribution in [2.24, 2.45) is 0 Å². The third-order valence-corrected chi connectivity index (χ3v) is 39.3. The highest BCUT2D eigenvalue weighted by atomic mass is 28.5. The normalized spacial score (nSPS) is 19.2. The molecule has 0 unspecified atom stereocenters. The molecule has 1 fully saturated rings. The van der Waals surface area contributed by atoms with Crippen molar-refractivity contribution in [2.45, 2.75) is 137 Å².